The first kappa shape index (κ1) is 16.4. The van der Waals surface area contributed by atoms with E-state index < -0.39 is 33.6 Å². The summed E-state index contributed by atoms with van der Waals surface area (Å²) in [4.78, 5) is 24.6. The lowest BCUT2D eigenvalue weighted by molar-refractivity contribution is -0.833. The van der Waals surface area contributed by atoms with Crippen LogP contribution >= 0.6 is 0 Å². The molecule has 1 unspecified atom stereocenters. The van der Waals surface area contributed by atoms with Crippen LogP contribution in [0, 0.1) is 16.7 Å². The maximum Gasteiger partial charge on any atom is 0.431 e. The number of carboxylic acid groups (broad SMARTS) is 1. The number of hydrogen-bond acceptors (Lipinski definition) is 5. The molecule has 1 heterocycles. The SMILES string of the molecule is C=CC[N+]1(C=C(C#N)C(=O)[O-])C(=O)N(C(=N)N)CC1(C)C. The highest BCUT2D eigenvalue weighted by Crippen LogP contribution is 2.36. The summed E-state index contributed by atoms with van der Waals surface area (Å²) in [5, 5.41) is 27.3. The topological polar surface area (TPSA) is 134 Å². The van der Waals surface area contributed by atoms with E-state index in [-0.39, 0.29) is 13.1 Å². The van der Waals surface area contributed by atoms with Gasteiger partial charge >= 0.3 is 6.03 Å². The Kier molecular flexibility index (Phi) is 4.20. The Hall–Kier alpha value is -2.66. The number of nitrogens with zero attached hydrogens (tertiary/aromatic N) is 3. The lowest BCUT2D eigenvalue weighted by Crippen LogP contribution is -2.58. The molecule has 0 spiro atoms. The third-order valence-electron chi connectivity index (χ3n) is 3.60. The number of amides is 2. The quantitative estimate of drug-likeness (QED) is 0.175. The second kappa shape index (κ2) is 5.38. The van der Waals surface area contributed by atoms with Crippen LogP contribution < -0.4 is 10.8 Å². The number of nitrogens with two attached hydrogens (primary N) is 1. The summed E-state index contributed by atoms with van der Waals surface area (Å²) >= 11 is 0. The number of rotatable bonds is 4. The predicted octanol–water partition coefficient (Wildman–Crippen LogP) is -0.746. The molecule has 1 rings (SSSR count). The van der Waals surface area contributed by atoms with Crippen LogP contribution in [-0.4, -0.2) is 46.0 Å². The Balaban J connectivity index is 3.56. The molecule has 8 nitrogen and oxygen atoms in total. The number of carbonyl (C=O) groups is 2. The van der Waals surface area contributed by atoms with Crippen LogP contribution in [0.1, 0.15) is 13.8 Å². The molecular weight excluding hydrogens is 274 g/mol. The molecule has 0 bridgehead atoms. The van der Waals surface area contributed by atoms with Gasteiger partial charge in [-0.2, -0.15) is 5.26 Å². The number of urea groups is 1. The summed E-state index contributed by atoms with van der Waals surface area (Å²) in [7, 11) is 0. The van der Waals surface area contributed by atoms with Gasteiger partial charge in [0.25, 0.3) is 0 Å². The van der Waals surface area contributed by atoms with Crippen molar-refractivity contribution in [1.29, 1.82) is 10.7 Å². The number of guanidine groups is 1. The molecule has 0 aromatic carbocycles. The van der Waals surface area contributed by atoms with E-state index in [2.05, 4.69) is 6.58 Å². The van der Waals surface area contributed by atoms with Crippen LogP contribution in [-0.2, 0) is 4.79 Å². The van der Waals surface area contributed by atoms with Gasteiger partial charge < -0.3 is 15.6 Å². The van der Waals surface area contributed by atoms with Crippen LogP contribution in [0.25, 0.3) is 0 Å². The lowest BCUT2D eigenvalue weighted by Gasteiger charge is -2.37. The summed E-state index contributed by atoms with van der Waals surface area (Å²) in [5.41, 5.74) is 3.94. The second-order valence-corrected chi connectivity index (χ2v) is 5.35. The third kappa shape index (κ3) is 2.51. The molecule has 21 heavy (non-hydrogen) atoms. The van der Waals surface area contributed by atoms with Crippen molar-refractivity contribution in [2.75, 3.05) is 13.1 Å². The molecule has 8 heteroatoms. The fraction of sp³-hybridized carbons (Fsp3) is 0.385. The molecule has 0 aromatic heterocycles. The van der Waals surface area contributed by atoms with Gasteiger partial charge in [-0.05, 0) is 19.9 Å². The number of nitriles is 1. The zero-order valence-corrected chi connectivity index (χ0v) is 11.9. The summed E-state index contributed by atoms with van der Waals surface area (Å²) in [6, 6.07) is 0.925. The first-order valence-electron chi connectivity index (χ1n) is 6.12. The molecule has 0 aromatic rings. The predicted molar refractivity (Wildman–Crippen MR) is 72.1 cm³/mol. The van der Waals surface area contributed by atoms with E-state index in [1.807, 2.05) is 0 Å². The van der Waals surface area contributed by atoms with Gasteiger partial charge in [0.2, 0.25) is 0 Å². The molecular formula is C13H17N5O3. The minimum atomic E-state index is -1.66. The number of carboxylic acids is 1. The van der Waals surface area contributed by atoms with E-state index in [0.717, 1.165) is 11.1 Å². The van der Waals surface area contributed by atoms with E-state index in [0.29, 0.717) is 0 Å². The van der Waals surface area contributed by atoms with Gasteiger partial charge in [0.15, 0.2) is 5.96 Å². The average molecular weight is 291 g/mol. The first-order chi connectivity index (χ1) is 9.63. The number of quaternary nitrogens is 1. The van der Waals surface area contributed by atoms with Crippen LogP contribution in [0.3, 0.4) is 0 Å². The second-order valence-electron chi connectivity index (χ2n) is 5.35. The molecule has 2 amide bonds. The number of carbonyl (C=O) groups excluding carboxylic acids is 2. The Bertz CT molecular complexity index is 587. The maximum absolute atomic E-state index is 12.6. The van der Waals surface area contributed by atoms with Crippen molar-refractivity contribution in [3.05, 3.63) is 24.4 Å². The van der Waals surface area contributed by atoms with Crippen LogP contribution in [0.15, 0.2) is 24.4 Å². The molecule has 0 saturated carbocycles. The van der Waals surface area contributed by atoms with E-state index >= 15 is 0 Å². The van der Waals surface area contributed by atoms with E-state index in [4.69, 9.17) is 16.4 Å². The highest BCUT2D eigenvalue weighted by atomic mass is 16.4. The Labute approximate surface area is 122 Å². The van der Waals surface area contributed by atoms with Gasteiger partial charge in [-0.1, -0.05) is 6.58 Å². The van der Waals surface area contributed by atoms with Crippen molar-refractivity contribution in [3.63, 3.8) is 0 Å². The van der Waals surface area contributed by atoms with Crippen molar-refractivity contribution in [1.82, 2.24) is 4.90 Å². The van der Waals surface area contributed by atoms with E-state index in [1.54, 1.807) is 13.8 Å². The van der Waals surface area contributed by atoms with Crippen molar-refractivity contribution in [2.24, 2.45) is 5.73 Å². The zero-order valence-electron chi connectivity index (χ0n) is 11.9. The van der Waals surface area contributed by atoms with Gasteiger partial charge in [-0.15, -0.1) is 0 Å². The Morgan fingerprint density at radius 2 is 2.29 bits per heavy atom. The minimum absolute atomic E-state index is 0.0636. The average Bonchev–Trinajstić information content (AvgIpc) is 2.57. The van der Waals surface area contributed by atoms with Crippen molar-refractivity contribution >= 4 is 18.0 Å². The molecule has 112 valence electrons. The standard InChI is InChI=1S/C13H17N5O3/c1-4-5-18(7-9(6-14)10(19)20)12(21)17(11(15)16)8-13(18,2)3/h4,7H,1,5,8H2,2-3H3,(H3-,15,16,19,20). The molecule has 1 aliphatic rings. The van der Waals surface area contributed by atoms with Crippen LogP contribution in [0.5, 0.6) is 0 Å². The molecule has 1 aliphatic heterocycles. The summed E-state index contributed by atoms with van der Waals surface area (Å²) < 4.78 is -0.493. The molecule has 1 saturated heterocycles. The number of hydrogen-bond donors (Lipinski definition) is 2. The maximum atomic E-state index is 12.6. The fourth-order valence-electron chi connectivity index (χ4n) is 2.40. The largest absolute Gasteiger partial charge is 0.544 e. The summed E-state index contributed by atoms with van der Waals surface area (Å²) in [5.74, 6) is -2.10. The van der Waals surface area contributed by atoms with Gasteiger partial charge in [0.05, 0.1) is 12.5 Å². The van der Waals surface area contributed by atoms with Gasteiger partial charge in [0.1, 0.15) is 29.9 Å². The fourth-order valence-corrected chi connectivity index (χ4v) is 2.40. The van der Waals surface area contributed by atoms with E-state index in [9.17, 15) is 14.7 Å². The van der Waals surface area contributed by atoms with Crippen LogP contribution in [0.4, 0.5) is 4.79 Å². The molecule has 3 N–H and O–H groups in total. The normalized spacial score (nSPS) is 24.5. The smallest absolute Gasteiger partial charge is 0.431 e. The third-order valence-corrected chi connectivity index (χ3v) is 3.60. The summed E-state index contributed by atoms with van der Waals surface area (Å²) in [6.07, 6.45) is 2.49. The summed E-state index contributed by atoms with van der Waals surface area (Å²) in [6.45, 7) is 7.20. The van der Waals surface area contributed by atoms with Gasteiger partial charge in [0, 0.05) is 0 Å². The molecule has 1 atom stereocenters. The highest BCUT2D eigenvalue weighted by molar-refractivity contribution is 5.94. The molecule has 1 fully saturated rings. The van der Waals surface area contributed by atoms with Gasteiger partial charge in [-0.25, -0.2) is 14.2 Å². The van der Waals surface area contributed by atoms with Gasteiger partial charge in [-0.3, -0.25) is 5.41 Å². The minimum Gasteiger partial charge on any atom is -0.544 e. The number of nitrogens with one attached hydrogen (secondary N) is 1. The van der Waals surface area contributed by atoms with Crippen molar-refractivity contribution < 1.29 is 19.2 Å². The van der Waals surface area contributed by atoms with E-state index in [1.165, 1.54) is 12.1 Å². The monoisotopic (exact) mass is 291 g/mol. The highest BCUT2D eigenvalue weighted by Gasteiger charge is 2.59. The first-order valence-corrected chi connectivity index (χ1v) is 6.12. The number of aliphatic carboxylic acids is 1. The molecule has 0 radical (unpaired) electrons. The van der Waals surface area contributed by atoms with Crippen LogP contribution in [0.2, 0.25) is 0 Å². The lowest BCUT2D eigenvalue weighted by atomic mass is 10.0. The Morgan fingerprint density at radius 1 is 1.71 bits per heavy atom. The molecule has 0 aliphatic carbocycles. The zero-order chi connectivity index (χ0) is 16.4. The van der Waals surface area contributed by atoms with Crippen molar-refractivity contribution in [2.45, 2.75) is 19.4 Å². The van der Waals surface area contributed by atoms with Crippen molar-refractivity contribution in [3.8, 4) is 6.07 Å². The Morgan fingerprint density at radius 3 is 2.62 bits per heavy atom.